The maximum absolute atomic E-state index is 5.40. The first-order chi connectivity index (χ1) is 6.45. The van der Waals surface area contributed by atoms with Crippen LogP contribution in [0.1, 0.15) is 32.1 Å². The molecule has 3 heteroatoms. The molecule has 0 bridgehead atoms. The maximum Gasteiger partial charge on any atom is 0.166 e. The molecule has 0 aromatic rings. The van der Waals surface area contributed by atoms with Gasteiger partial charge in [-0.15, -0.1) is 0 Å². The maximum atomic E-state index is 5.40. The molecule has 1 aliphatic carbocycles. The van der Waals surface area contributed by atoms with E-state index in [0.717, 1.165) is 24.2 Å². The normalized spacial score (nSPS) is 26.8. The third-order valence-corrected chi connectivity index (χ3v) is 4.12. The first-order valence-corrected chi connectivity index (χ1v) is 6.35. The molecule has 0 aromatic heterocycles. The predicted molar refractivity (Wildman–Crippen MR) is 55.0 cm³/mol. The Labute approximate surface area is 84.4 Å². The number of hydrogen-bond donors (Lipinski definition) is 0. The van der Waals surface area contributed by atoms with Crippen molar-refractivity contribution in [3.05, 3.63) is 0 Å². The molecule has 13 heavy (non-hydrogen) atoms. The van der Waals surface area contributed by atoms with Gasteiger partial charge in [-0.1, -0.05) is 19.3 Å². The Hall–Kier alpha value is 0.270. The van der Waals surface area contributed by atoms with Gasteiger partial charge in [-0.2, -0.15) is 11.8 Å². The topological polar surface area (TPSA) is 18.5 Å². The molecule has 0 spiro atoms. The lowest BCUT2D eigenvalue weighted by Crippen LogP contribution is -2.16. The van der Waals surface area contributed by atoms with Gasteiger partial charge in [-0.3, -0.25) is 0 Å². The highest BCUT2D eigenvalue weighted by Gasteiger charge is 2.19. The van der Waals surface area contributed by atoms with Gasteiger partial charge < -0.3 is 9.47 Å². The van der Waals surface area contributed by atoms with E-state index in [0.29, 0.717) is 0 Å². The summed E-state index contributed by atoms with van der Waals surface area (Å²) in [5.41, 5.74) is 0. The van der Waals surface area contributed by atoms with Gasteiger partial charge in [0, 0.05) is 11.0 Å². The minimum absolute atomic E-state index is 0.0897. The fraction of sp³-hybridized carbons (Fsp3) is 1.00. The summed E-state index contributed by atoms with van der Waals surface area (Å²) >= 11 is 2.04. The molecule has 2 nitrogen and oxygen atoms in total. The second kappa shape index (κ2) is 5.23. The Bertz CT molecular complexity index is 140. The average molecular weight is 202 g/mol. The molecular weight excluding hydrogens is 184 g/mol. The van der Waals surface area contributed by atoms with E-state index in [9.17, 15) is 0 Å². The second-order valence-corrected chi connectivity index (χ2v) is 5.10. The SMILES string of the molecule is C1CCC(SCC2OCCO2)CC1. The lowest BCUT2D eigenvalue weighted by Gasteiger charge is -2.21. The summed E-state index contributed by atoms with van der Waals surface area (Å²) in [6.45, 7) is 1.58. The van der Waals surface area contributed by atoms with E-state index in [-0.39, 0.29) is 6.29 Å². The van der Waals surface area contributed by atoms with Crippen molar-refractivity contribution in [1.82, 2.24) is 0 Å². The van der Waals surface area contributed by atoms with Crippen LogP contribution in [0, 0.1) is 0 Å². The van der Waals surface area contributed by atoms with Crippen molar-refractivity contribution >= 4 is 11.8 Å². The summed E-state index contributed by atoms with van der Waals surface area (Å²) in [7, 11) is 0. The standard InChI is InChI=1S/C10H18O2S/c1-2-4-9(5-3-1)13-8-10-11-6-7-12-10/h9-10H,1-8H2. The van der Waals surface area contributed by atoms with E-state index in [4.69, 9.17) is 9.47 Å². The molecule has 76 valence electrons. The summed E-state index contributed by atoms with van der Waals surface area (Å²) < 4.78 is 10.8. The Morgan fingerprint density at radius 1 is 1.00 bits per heavy atom. The van der Waals surface area contributed by atoms with Gasteiger partial charge in [0.05, 0.1) is 13.2 Å². The van der Waals surface area contributed by atoms with Gasteiger partial charge in [0.15, 0.2) is 6.29 Å². The molecule has 2 rings (SSSR count). The van der Waals surface area contributed by atoms with Crippen molar-refractivity contribution in [3.63, 3.8) is 0 Å². The quantitative estimate of drug-likeness (QED) is 0.700. The zero-order valence-electron chi connectivity index (χ0n) is 8.04. The fourth-order valence-corrected chi connectivity index (χ4v) is 3.24. The Morgan fingerprint density at radius 2 is 1.69 bits per heavy atom. The highest BCUT2D eigenvalue weighted by atomic mass is 32.2. The van der Waals surface area contributed by atoms with Crippen molar-refractivity contribution in [3.8, 4) is 0 Å². The first kappa shape index (κ1) is 9.81. The van der Waals surface area contributed by atoms with E-state index < -0.39 is 0 Å². The van der Waals surface area contributed by atoms with Crippen molar-refractivity contribution < 1.29 is 9.47 Å². The molecule has 1 aliphatic heterocycles. The van der Waals surface area contributed by atoms with E-state index in [1.54, 1.807) is 0 Å². The smallest absolute Gasteiger partial charge is 0.166 e. The highest BCUT2D eigenvalue weighted by molar-refractivity contribution is 7.99. The summed E-state index contributed by atoms with van der Waals surface area (Å²) in [4.78, 5) is 0. The van der Waals surface area contributed by atoms with Crippen LogP contribution in [0.3, 0.4) is 0 Å². The Morgan fingerprint density at radius 3 is 2.38 bits per heavy atom. The third-order valence-electron chi connectivity index (χ3n) is 2.71. The van der Waals surface area contributed by atoms with Crippen LogP contribution in [-0.4, -0.2) is 30.5 Å². The molecule has 0 radical (unpaired) electrons. The molecule has 0 aromatic carbocycles. The van der Waals surface area contributed by atoms with E-state index in [2.05, 4.69) is 0 Å². The molecule has 1 saturated heterocycles. The van der Waals surface area contributed by atoms with Crippen LogP contribution in [0.15, 0.2) is 0 Å². The minimum Gasteiger partial charge on any atom is -0.349 e. The first-order valence-electron chi connectivity index (χ1n) is 5.30. The van der Waals surface area contributed by atoms with Crippen molar-refractivity contribution in [2.45, 2.75) is 43.6 Å². The van der Waals surface area contributed by atoms with Gasteiger partial charge in [0.25, 0.3) is 0 Å². The molecular formula is C10H18O2S. The highest BCUT2D eigenvalue weighted by Crippen LogP contribution is 2.29. The van der Waals surface area contributed by atoms with Gasteiger partial charge in [0.1, 0.15) is 0 Å². The largest absolute Gasteiger partial charge is 0.349 e. The van der Waals surface area contributed by atoms with Crippen LogP contribution in [0.25, 0.3) is 0 Å². The molecule has 1 saturated carbocycles. The molecule has 1 heterocycles. The molecule has 2 aliphatic rings. The number of hydrogen-bond acceptors (Lipinski definition) is 3. The van der Waals surface area contributed by atoms with Crippen molar-refractivity contribution in [2.24, 2.45) is 0 Å². The van der Waals surface area contributed by atoms with Crippen LogP contribution in [0.5, 0.6) is 0 Å². The number of rotatable bonds is 3. The van der Waals surface area contributed by atoms with Crippen LogP contribution < -0.4 is 0 Å². The van der Waals surface area contributed by atoms with E-state index in [1.165, 1.54) is 32.1 Å². The van der Waals surface area contributed by atoms with E-state index >= 15 is 0 Å². The zero-order valence-corrected chi connectivity index (χ0v) is 8.85. The minimum atomic E-state index is 0.0897. The monoisotopic (exact) mass is 202 g/mol. The second-order valence-electron chi connectivity index (χ2n) is 3.76. The summed E-state index contributed by atoms with van der Waals surface area (Å²) in [6.07, 6.45) is 7.17. The number of thioether (sulfide) groups is 1. The summed E-state index contributed by atoms with van der Waals surface area (Å²) in [5, 5.41) is 0.876. The fourth-order valence-electron chi connectivity index (χ4n) is 1.95. The van der Waals surface area contributed by atoms with Gasteiger partial charge in [0.2, 0.25) is 0 Å². The third kappa shape index (κ3) is 3.15. The molecule has 0 N–H and O–H groups in total. The predicted octanol–water partition coefficient (Wildman–Crippen LogP) is 2.43. The van der Waals surface area contributed by atoms with Gasteiger partial charge in [-0.05, 0) is 12.8 Å². The molecule has 2 fully saturated rings. The van der Waals surface area contributed by atoms with Crippen LogP contribution in [0.2, 0.25) is 0 Å². The van der Waals surface area contributed by atoms with Crippen molar-refractivity contribution in [1.29, 1.82) is 0 Å². The molecule has 0 atom stereocenters. The van der Waals surface area contributed by atoms with Crippen LogP contribution in [0.4, 0.5) is 0 Å². The summed E-state index contributed by atoms with van der Waals surface area (Å²) in [5.74, 6) is 1.03. The van der Waals surface area contributed by atoms with Crippen molar-refractivity contribution in [2.75, 3.05) is 19.0 Å². The average Bonchev–Trinajstić information content (AvgIpc) is 2.69. The van der Waals surface area contributed by atoms with E-state index in [1.807, 2.05) is 11.8 Å². The van der Waals surface area contributed by atoms with Crippen LogP contribution in [-0.2, 0) is 9.47 Å². The molecule has 0 unspecified atom stereocenters. The Balaban J connectivity index is 1.60. The van der Waals surface area contributed by atoms with Gasteiger partial charge >= 0.3 is 0 Å². The lowest BCUT2D eigenvalue weighted by molar-refractivity contribution is -0.0215. The Kier molecular flexibility index (Phi) is 3.94. The molecule has 0 amide bonds. The number of ether oxygens (including phenoxy) is 2. The summed E-state index contributed by atoms with van der Waals surface area (Å²) in [6, 6.07) is 0. The van der Waals surface area contributed by atoms with Crippen LogP contribution >= 0.6 is 11.8 Å². The lowest BCUT2D eigenvalue weighted by atomic mass is 10.0. The zero-order chi connectivity index (χ0) is 8.93. The van der Waals surface area contributed by atoms with Gasteiger partial charge in [-0.25, -0.2) is 0 Å².